The van der Waals surface area contributed by atoms with Crippen LogP contribution in [0.2, 0.25) is 0 Å². The fraction of sp³-hybridized carbons (Fsp3) is 0.286. The van der Waals surface area contributed by atoms with Gasteiger partial charge in [0.25, 0.3) is 0 Å². The third-order valence-electron chi connectivity index (χ3n) is 6.63. The Bertz CT molecular complexity index is 1200. The molecule has 1 N–H and O–H groups in total. The van der Waals surface area contributed by atoms with Gasteiger partial charge < -0.3 is 10.2 Å². The summed E-state index contributed by atoms with van der Waals surface area (Å²) in [7, 11) is 0. The topological polar surface area (TPSA) is 45.2 Å². The molecule has 1 aliphatic rings. The highest BCUT2D eigenvalue weighted by atomic mass is 32.1. The molecule has 4 aromatic rings. The highest BCUT2D eigenvalue weighted by Crippen LogP contribution is 2.33. The van der Waals surface area contributed by atoms with Gasteiger partial charge in [0.15, 0.2) is 5.13 Å². The Hall–Kier alpha value is -3.25. The molecule has 1 saturated heterocycles. The van der Waals surface area contributed by atoms with E-state index in [4.69, 9.17) is 0 Å². The highest BCUT2D eigenvalue weighted by molar-refractivity contribution is 7.22. The van der Waals surface area contributed by atoms with Crippen LogP contribution in [0.15, 0.2) is 78.9 Å². The van der Waals surface area contributed by atoms with Crippen LogP contribution >= 0.6 is 11.3 Å². The van der Waals surface area contributed by atoms with Crippen molar-refractivity contribution in [2.24, 2.45) is 5.92 Å². The van der Waals surface area contributed by atoms with E-state index in [9.17, 15) is 9.18 Å². The summed E-state index contributed by atoms with van der Waals surface area (Å²) < 4.78 is 14.9. The summed E-state index contributed by atoms with van der Waals surface area (Å²) in [5.41, 5.74) is 2.97. The second-order valence-corrected chi connectivity index (χ2v) is 9.81. The van der Waals surface area contributed by atoms with E-state index >= 15 is 0 Å². The molecule has 0 spiro atoms. The average Bonchev–Trinajstić information content (AvgIpc) is 3.34. The maximum atomic E-state index is 14.0. The zero-order valence-electron chi connectivity index (χ0n) is 19.0. The molecule has 1 amide bonds. The zero-order chi connectivity index (χ0) is 23.3. The highest BCUT2D eigenvalue weighted by Gasteiger charge is 2.27. The number of anilines is 1. The normalized spacial score (nSPS) is 14.6. The number of para-hydroxylation sites is 1. The number of piperidine rings is 1. The van der Waals surface area contributed by atoms with Gasteiger partial charge in [0.1, 0.15) is 11.3 Å². The minimum atomic E-state index is -0.279. The number of carbonyl (C=O) groups excluding carboxylic acids is 1. The number of rotatable bonds is 7. The van der Waals surface area contributed by atoms with Gasteiger partial charge in [0.05, 0.1) is 4.70 Å². The molecule has 4 nitrogen and oxygen atoms in total. The van der Waals surface area contributed by atoms with Gasteiger partial charge in [-0.05, 0) is 42.5 Å². The molecule has 34 heavy (non-hydrogen) atoms. The first kappa shape index (κ1) is 22.5. The van der Waals surface area contributed by atoms with Gasteiger partial charge in [0.2, 0.25) is 5.91 Å². The monoisotopic (exact) mass is 473 g/mol. The first-order valence-corrected chi connectivity index (χ1v) is 12.7. The first-order valence-electron chi connectivity index (χ1n) is 11.9. The van der Waals surface area contributed by atoms with Crippen molar-refractivity contribution < 1.29 is 9.18 Å². The molecule has 5 rings (SSSR count). The Balaban J connectivity index is 1.16. The molecule has 0 saturated carbocycles. The Kier molecular flexibility index (Phi) is 6.86. The number of fused-ring (bicyclic) bond motifs is 1. The van der Waals surface area contributed by atoms with Crippen LogP contribution in [0.5, 0.6) is 0 Å². The molecule has 0 atom stereocenters. The Morgan fingerprint density at radius 2 is 1.62 bits per heavy atom. The SMILES string of the molecule is O=C(NCCC(c1ccccc1)c1ccccc1)C1CCN(c2nc3c(F)cccc3s2)CC1. The summed E-state index contributed by atoms with van der Waals surface area (Å²) in [5.74, 6) is 0.117. The number of nitrogens with one attached hydrogen (secondary N) is 1. The van der Waals surface area contributed by atoms with E-state index in [1.165, 1.54) is 28.5 Å². The Morgan fingerprint density at radius 1 is 0.971 bits per heavy atom. The number of halogens is 1. The lowest BCUT2D eigenvalue weighted by atomic mass is 9.88. The second kappa shape index (κ2) is 10.3. The van der Waals surface area contributed by atoms with Crippen molar-refractivity contribution in [1.29, 1.82) is 0 Å². The van der Waals surface area contributed by atoms with Crippen LogP contribution in [0.3, 0.4) is 0 Å². The van der Waals surface area contributed by atoms with Gasteiger partial charge in [-0.2, -0.15) is 0 Å². The average molecular weight is 474 g/mol. The van der Waals surface area contributed by atoms with Gasteiger partial charge in [0, 0.05) is 31.5 Å². The van der Waals surface area contributed by atoms with E-state index < -0.39 is 0 Å². The predicted octanol–water partition coefficient (Wildman–Crippen LogP) is 5.99. The summed E-state index contributed by atoms with van der Waals surface area (Å²) in [6.07, 6.45) is 2.42. The summed E-state index contributed by atoms with van der Waals surface area (Å²) in [6.45, 7) is 2.16. The van der Waals surface area contributed by atoms with E-state index in [0.717, 1.165) is 42.2 Å². The molecule has 0 unspecified atom stereocenters. The number of benzene rings is 3. The molecular formula is C28H28FN3OS. The van der Waals surface area contributed by atoms with Gasteiger partial charge in [-0.3, -0.25) is 4.79 Å². The van der Waals surface area contributed by atoms with Crippen LogP contribution in [-0.4, -0.2) is 30.5 Å². The Labute approximate surface area is 203 Å². The largest absolute Gasteiger partial charge is 0.356 e. The molecular weight excluding hydrogens is 445 g/mol. The standard InChI is InChI=1S/C28H28FN3OS/c29-24-12-7-13-25-26(24)31-28(34-25)32-18-15-22(16-19-32)27(33)30-17-14-23(20-8-3-1-4-9-20)21-10-5-2-6-11-21/h1-13,22-23H,14-19H2,(H,30,33). The lowest BCUT2D eigenvalue weighted by Crippen LogP contribution is -2.41. The molecule has 2 heterocycles. The number of hydrogen-bond acceptors (Lipinski definition) is 4. The third kappa shape index (κ3) is 4.97. The van der Waals surface area contributed by atoms with Crippen LogP contribution in [-0.2, 0) is 4.79 Å². The van der Waals surface area contributed by atoms with Crippen molar-refractivity contribution >= 4 is 32.6 Å². The van der Waals surface area contributed by atoms with Crippen molar-refractivity contribution in [3.63, 3.8) is 0 Å². The fourth-order valence-electron chi connectivity index (χ4n) is 4.75. The smallest absolute Gasteiger partial charge is 0.223 e. The van der Waals surface area contributed by atoms with Crippen LogP contribution < -0.4 is 10.2 Å². The number of amides is 1. The van der Waals surface area contributed by atoms with E-state index in [2.05, 4.69) is 63.7 Å². The van der Waals surface area contributed by atoms with Gasteiger partial charge >= 0.3 is 0 Å². The summed E-state index contributed by atoms with van der Waals surface area (Å²) >= 11 is 1.51. The number of aromatic nitrogens is 1. The third-order valence-corrected chi connectivity index (χ3v) is 7.71. The summed E-state index contributed by atoms with van der Waals surface area (Å²) in [5, 5.41) is 4.03. The number of carbonyl (C=O) groups is 1. The van der Waals surface area contributed by atoms with E-state index in [1.807, 2.05) is 18.2 Å². The molecule has 6 heteroatoms. The minimum Gasteiger partial charge on any atom is -0.356 e. The summed E-state index contributed by atoms with van der Waals surface area (Å²) in [4.78, 5) is 19.6. The molecule has 174 valence electrons. The number of nitrogens with zero attached hydrogens (tertiary/aromatic N) is 2. The maximum absolute atomic E-state index is 14.0. The minimum absolute atomic E-state index is 0.00858. The second-order valence-electron chi connectivity index (χ2n) is 8.80. The van der Waals surface area contributed by atoms with Crippen molar-refractivity contribution in [2.75, 3.05) is 24.5 Å². The fourth-order valence-corrected chi connectivity index (χ4v) is 5.78. The van der Waals surface area contributed by atoms with Crippen molar-refractivity contribution in [3.8, 4) is 0 Å². The number of hydrogen-bond donors (Lipinski definition) is 1. The molecule has 1 fully saturated rings. The van der Waals surface area contributed by atoms with Gasteiger partial charge in [-0.1, -0.05) is 78.1 Å². The molecule has 1 aliphatic heterocycles. The van der Waals surface area contributed by atoms with Crippen LogP contribution in [0.25, 0.3) is 10.2 Å². The van der Waals surface area contributed by atoms with Crippen LogP contribution in [0.4, 0.5) is 9.52 Å². The van der Waals surface area contributed by atoms with Crippen molar-refractivity contribution in [3.05, 3.63) is 95.8 Å². The van der Waals surface area contributed by atoms with Gasteiger partial charge in [-0.25, -0.2) is 9.37 Å². The lowest BCUT2D eigenvalue weighted by molar-refractivity contribution is -0.125. The predicted molar refractivity (Wildman–Crippen MR) is 137 cm³/mol. The van der Waals surface area contributed by atoms with E-state index in [0.29, 0.717) is 12.1 Å². The molecule has 0 aliphatic carbocycles. The summed E-state index contributed by atoms with van der Waals surface area (Å²) in [6, 6.07) is 26.0. The van der Waals surface area contributed by atoms with E-state index in [1.54, 1.807) is 6.07 Å². The molecule has 0 bridgehead atoms. The quantitative estimate of drug-likeness (QED) is 0.359. The number of thiazole rings is 1. The van der Waals surface area contributed by atoms with Crippen LogP contribution in [0, 0.1) is 11.7 Å². The first-order chi connectivity index (χ1) is 16.7. The molecule has 3 aromatic carbocycles. The zero-order valence-corrected chi connectivity index (χ0v) is 19.8. The molecule has 0 radical (unpaired) electrons. The van der Waals surface area contributed by atoms with Gasteiger partial charge in [-0.15, -0.1) is 0 Å². The van der Waals surface area contributed by atoms with E-state index in [-0.39, 0.29) is 23.6 Å². The van der Waals surface area contributed by atoms with Crippen LogP contribution in [0.1, 0.15) is 36.3 Å². The maximum Gasteiger partial charge on any atom is 0.223 e. The Morgan fingerprint density at radius 3 is 2.24 bits per heavy atom. The molecule has 1 aromatic heterocycles. The van der Waals surface area contributed by atoms with Crippen molar-refractivity contribution in [2.45, 2.75) is 25.2 Å². The van der Waals surface area contributed by atoms with Crippen molar-refractivity contribution in [1.82, 2.24) is 10.3 Å². The lowest BCUT2D eigenvalue weighted by Gasteiger charge is -2.31.